The normalized spacial score (nSPS) is 10.5. The second-order valence-electron chi connectivity index (χ2n) is 5.57. The quantitative estimate of drug-likeness (QED) is 0.751. The van der Waals surface area contributed by atoms with Gasteiger partial charge >= 0.3 is 0 Å². The summed E-state index contributed by atoms with van der Waals surface area (Å²) >= 11 is 0. The van der Waals surface area contributed by atoms with Gasteiger partial charge in [0.2, 0.25) is 0 Å². The molecule has 0 unspecified atom stereocenters. The Morgan fingerprint density at radius 2 is 2.04 bits per heavy atom. The fourth-order valence-corrected chi connectivity index (χ4v) is 2.47. The first-order valence-corrected chi connectivity index (χ1v) is 8.11. The first-order valence-electron chi connectivity index (χ1n) is 8.11. The Bertz CT molecular complexity index is 856. The molecule has 0 radical (unpaired) electrons. The first kappa shape index (κ1) is 16.7. The van der Waals surface area contributed by atoms with E-state index in [4.69, 9.17) is 4.74 Å². The summed E-state index contributed by atoms with van der Waals surface area (Å²) < 4.78 is 7.23. The molecule has 1 N–H and O–H groups in total. The highest BCUT2D eigenvalue weighted by atomic mass is 16.5. The van der Waals surface area contributed by atoms with Gasteiger partial charge in [-0.2, -0.15) is 5.10 Å². The summed E-state index contributed by atoms with van der Waals surface area (Å²) in [6.45, 7) is 2.81. The molecule has 3 rings (SSSR count). The monoisotopic (exact) mass is 336 g/mol. The van der Waals surface area contributed by atoms with Crippen LogP contribution in [0.25, 0.3) is 11.3 Å². The lowest BCUT2D eigenvalue weighted by molar-refractivity contribution is 0.0947. The zero-order chi connectivity index (χ0) is 17.6. The summed E-state index contributed by atoms with van der Waals surface area (Å²) in [5.74, 6) is 0.424. The minimum atomic E-state index is -0.166. The Morgan fingerprint density at radius 3 is 2.72 bits per heavy atom. The number of carbonyl (C=O) groups is 1. The molecule has 1 amide bonds. The molecule has 0 bridgehead atoms. The van der Waals surface area contributed by atoms with Crippen LogP contribution >= 0.6 is 0 Å². The summed E-state index contributed by atoms with van der Waals surface area (Å²) in [6.07, 6.45) is 5.44. The number of pyridine rings is 1. The second-order valence-corrected chi connectivity index (χ2v) is 5.57. The van der Waals surface area contributed by atoms with Crippen LogP contribution in [0, 0.1) is 0 Å². The van der Waals surface area contributed by atoms with Crippen LogP contribution in [0.5, 0.6) is 5.75 Å². The molecule has 2 heterocycles. The van der Waals surface area contributed by atoms with Gasteiger partial charge in [-0.25, -0.2) is 0 Å². The Balaban J connectivity index is 1.64. The Labute approximate surface area is 146 Å². The molecular weight excluding hydrogens is 316 g/mol. The van der Waals surface area contributed by atoms with Crippen LogP contribution < -0.4 is 10.1 Å². The van der Waals surface area contributed by atoms with E-state index < -0.39 is 0 Å². The van der Waals surface area contributed by atoms with Crippen LogP contribution in [0.2, 0.25) is 0 Å². The molecular formula is C19H20N4O2. The number of para-hydroxylation sites is 1. The molecule has 25 heavy (non-hydrogen) atoms. The standard InChI is InChI=1S/C19H20N4O2/c1-3-25-18-7-5-4-6-16(18)19(24)21-11-14-8-9-17(20-10-14)15-12-22-23(2)13-15/h4-10,12-13H,3,11H2,1-2H3,(H,21,24). The minimum absolute atomic E-state index is 0.166. The van der Waals surface area contributed by atoms with Crippen molar-refractivity contribution >= 4 is 5.91 Å². The number of nitrogens with one attached hydrogen (secondary N) is 1. The number of carbonyl (C=O) groups excluding carboxylic acids is 1. The van der Waals surface area contributed by atoms with E-state index in [0.29, 0.717) is 24.5 Å². The number of benzene rings is 1. The third kappa shape index (κ3) is 4.03. The van der Waals surface area contributed by atoms with E-state index in [0.717, 1.165) is 16.8 Å². The molecule has 1 aromatic carbocycles. The van der Waals surface area contributed by atoms with Gasteiger partial charge in [-0.1, -0.05) is 18.2 Å². The van der Waals surface area contributed by atoms with Crippen LogP contribution in [0.4, 0.5) is 0 Å². The van der Waals surface area contributed by atoms with Gasteiger partial charge < -0.3 is 10.1 Å². The molecule has 0 spiro atoms. The number of nitrogens with zero attached hydrogens (tertiary/aromatic N) is 3. The molecule has 0 saturated carbocycles. The minimum Gasteiger partial charge on any atom is -0.493 e. The van der Waals surface area contributed by atoms with E-state index in [1.807, 2.05) is 44.4 Å². The molecule has 0 aliphatic rings. The smallest absolute Gasteiger partial charge is 0.255 e. The molecule has 2 aromatic heterocycles. The van der Waals surface area contributed by atoms with Gasteiger partial charge in [0.1, 0.15) is 5.75 Å². The average Bonchev–Trinajstić information content (AvgIpc) is 3.07. The predicted molar refractivity (Wildman–Crippen MR) is 95.2 cm³/mol. The summed E-state index contributed by atoms with van der Waals surface area (Å²) in [5.41, 5.74) is 3.27. The van der Waals surface area contributed by atoms with Crippen molar-refractivity contribution in [1.29, 1.82) is 0 Å². The average molecular weight is 336 g/mol. The first-order chi connectivity index (χ1) is 12.2. The van der Waals surface area contributed by atoms with Crippen molar-refractivity contribution in [1.82, 2.24) is 20.1 Å². The highest BCUT2D eigenvalue weighted by Crippen LogP contribution is 2.18. The second kappa shape index (κ2) is 7.61. The maximum atomic E-state index is 12.4. The van der Waals surface area contributed by atoms with Gasteiger partial charge in [0, 0.05) is 31.5 Å². The topological polar surface area (TPSA) is 69.0 Å². The third-order valence-corrected chi connectivity index (χ3v) is 3.71. The fraction of sp³-hybridized carbons (Fsp3) is 0.211. The summed E-state index contributed by atoms with van der Waals surface area (Å²) in [7, 11) is 1.87. The lowest BCUT2D eigenvalue weighted by Gasteiger charge is -2.10. The van der Waals surface area contributed by atoms with Crippen molar-refractivity contribution in [2.45, 2.75) is 13.5 Å². The Morgan fingerprint density at radius 1 is 1.20 bits per heavy atom. The lowest BCUT2D eigenvalue weighted by atomic mass is 10.1. The Kier molecular flexibility index (Phi) is 5.09. The van der Waals surface area contributed by atoms with Crippen LogP contribution in [-0.4, -0.2) is 27.3 Å². The van der Waals surface area contributed by atoms with Crippen molar-refractivity contribution in [3.05, 3.63) is 66.1 Å². The summed E-state index contributed by atoms with van der Waals surface area (Å²) in [5, 5.41) is 7.04. The number of amides is 1. The van der Waals surface area contributed by atoms with E-state index in [-0.39, 0.29) is 5.91 Å². The van der Waals surface area contributed by atoms with Gasteiger partial charge in [0.15, 0.2) is 0 Å². The van der Waals surface area contributed by atoms with E-state index in [9.17, 15) is 4.79 Å². The van der Waals surface area contributed by atoms with Gasteiger partial charge in [0.05, 0.1) is 24.1 Å². The zero-order valence-corrected chi connectivity index (χ0v) is 14.3. The van der Waals surface area contributed by atoms with Gasteiger partial charge in [-0.3, -0.25) is 14.5 Å². The van der Waals surface area contributed by atoms with Gasteiger partial charge in [0.25, 0.3) is 5.91 Å². The zero-order valence-electron chi connectivity index (χ0n) is 14.3. The number of hydrogen-bond acceptors (Lipinski definition) is 4. The van der Waals surface area contributed by atoms with Crippen LogP contribution in [0.1, 0.15) is 22.8 Å². The maximum Gasteiger partial charge on any atom is 0.255 e. The molecule has 0 aliphatic carbocycles. The molecule has 0 fully saturated rings. The van der Waals surface area contributed by atoms with Gasteiger partial charge in [-0.05, 0) is 30.7 Å². The number of ether oxygens (including phenoxy) is 1. The molecule has 0 aliphatic heterocycles. The van der Waals surface area contributed by atoms with E-state index in [1.54, 1.807) is 29.2 Å². The number of aryl methyl sites for hydroxylation is 1. The van der Waals surface area contributed by atoms with Crippen molar-refractivity contribution < 1.29 is 9.53 Å². The molecule has 6 nitrogen and oxygen atoms in total. The molecule has 0 atom stereocenters. The molecule has 3 aromatic rings. The van der Waals surface area contributed by atoms with Crippen molar-refractivity contribution in [3.8, 4) is 17.0 Å². The van der Waals surface area contributed by atoms with Crippen LogP contribution in [0.15, 0.2) is 55.0 Å². The highest BCUT2D eigenvalue weighted by Gasteiger charge is 2.11. The van der Waals surface area contributed by atoms with Crippen molar-refractivity contribution in [2.75, 3.05) is 6.61 Å². The van der Waals surface area contributed by atoms with Crippen LogP contribution in [-0.2, 0) is 13.6 Å². The number of hydrogen-bond donors (Lipinski definition) is 1. The molecule has 6 heteroatoms. The van der Waals surface area contributed by atoms with E-state index in [1.165, 1.54) is 0 Å². The largest absolute Gasteiger partial charge is 0.493 e. The third-order valence-electron chi connectivity index (χ3n) is 3.71. The van der Waals surface area contributed by atoms with Gasteiger partial charge in [-0.15, -0.1) is 0 Å². The van der Waals surface area contributed by atoms with E-state index >= 15 is 0 Å². The van der Waals surface area contributed by atoms with E-state index in [2.05, 4.69) is 15.4 Å². The maximum absolute atomic E-state index is 12.4. The SMILES string of the molecule is CCOc1ccccc1C(=O)NCc1ccc(-c2cnn(C)c2)nc1. The van der Waals surface area contributed by atoms with Crippen molar-refractivity contribution in [2.24, 2.45) is 7.05 Å². The molecule has 128 valence electrons. The predicted octanol–water partition coefficient (Wildman–Crippen LogP) is 2.81. The summed E-state index contributed by atoms with van der Waals surface area (Å²) in [4.78, 5) is 16.8. The fourth-order valence-electron chi connectivity index (χ4n) is 2.47. The summed E-state index contributed by atoms with van der Waals surface area (Å²) in [6, 6.07) is 11.1. The van der Waals surface area contributed by atoms with Crippen molar-refractivity contribution in [3.63, 3.8) is 0 Å². The molecule has 0 saturated heterocycles. The highest BCUT2D eigenvalue weighted by molar-refractivity contribution is 5.96. The lowest BCUT2D eigenvalue weighted by Crippen LogP contribution is -2.23. The van der Waals surface area contributed by atoms with Crippen LogP contribution in [0.3, 0.4) is 0 Å². The number of aromatic nitrogens is 3. The number of rotatable bonds is 6. The Hall–Kier alpha value is -3.15.